The number of benzene rings is 3. The molecule has 7 nitrogen and oxygen atoms in total. The molecule has 1 N–H and O–H groups in total. The summed E-state index contributed by atoms with van der Waals surface area (Å²) < 4.78 is 17.0. The van der Waals surface area contributed by atoms with Gasteiger partial charge in [-0.05, 0) is 61.0 Å². The maximum absolute atomic E-state index is 13.1. The lowest BCUT2D eigenvalue weighted by atomic mass is 10.1. The number of nitrogens with zero attached hydrogens (tertiary/aromatic N) is 1. The maximum atomic E-state index is 13.1. The molecule has 4 rings (SSSR count). The molecular formula is C27H22Cl2N2O5S2. The van der Waals surface area contributed by atoms with Crippen LogP contribution in [0.25, 0.3) is 6.08 Å². The molecular weight excluding hydrogens is 567 g/mol. The third kappa shape index (κ3) is 6.60. The Balaban J connectivity index is 1.47. The summed E-state index contributed by atoms with van der Waals surface area (Å²) in [5.41, 5.74) is 1.84. The first kappa shape index (κ1) is 27.8. The van der Waals surface area contributed by atoms with Crippen LogP contribution in [0.15, 0.2) is 65.6 Å². The lowest BCUT2D eigenvalue weighted by molar-refractivity contribution is -0.118. The average molecular weight is 590 g/mol. The van der Waals surface area contributed by atoms with Crippen LogP contribution in [0.3, 0.4) is 0 Å². The second-order valence-electron chi connectivity index (χ2n) is 7.82. The fraction of sp³-hybridized carbons (Fsp3) is 0.148. The van der Waals surface area contributed by atoms with Crippen molar-refractivity contribution < 1.29 is 23.8 Å². The Morgan fingerprint density at radius 2 is 1.87 bits per heavy atom. The minimum absolute atomic E-state index is 0.223. The number of anilines is 2. The van der Waals surface area contributed by atoms with Crippen molar-refractivity contribution in [2.45, 2.75) is 6.92 Å². The fourth-order valence-corrected chi connectivity index (χ4v) is 5.10. The largest absolute Gasteiger partial charge is 0.497 e. The molecule has 1 aliphatic heterocycles. The second-order valence-corrected chi connectivity index (χ2v) is 10.3. The predicted octanol–water partition coefficient (Wildman–Crippen LogP) is 6.82. The van der Waals surface area contributed by atoms with E-state index in [0.29, 0.717) is 60.1 Å². The summed E-state index contributed by atoms with van der Waals surface area (Å²) in [6.45, 7) is 2.00. The first-order valence-electron chi connectivity index (χ1n) is 11.4. The molecule has 0 aromatic heterocycles. The van der Waals surface area contributed by atoms with E-state index >= 15 is 0 Å². The van der Waals surface area contributed by atoms with Crippen LogP contribution in [0.5, 0.6) is 17.2 Å². The van der Waals surface area contributed by atoms with Crippen LogP contribution in [-0.4, -0.2) is 36.5 Å². The van der Waals surface area contributed by atoms with Crippen LogP contribution in [0.4, 0.5) is 11.4 Å². The van der Waals surface area contributed by atoms with Gasteiger partial charge in [-0.3, -0.25) is 14.5 Å². The second kappa shape index (κ2) is 12.5. The van der Waals surface area contributed by atoms with Gasteiger partial charge in [0.2, 0.25) is 0 Å². The van der Waals surface area contributed by atoms with E-state index in [0.717, 1.165) is 0 Å². The monoisotopic (exact) mass is 588 g/mol. The van der Waals surface area contributed by atoms with E-state index in [1.165, 1.54) is 16.7 Å². The van der Waals surface area contributed by atoms with Gasteiger partial charge in [-0.1, -0.05) is 59.3 Å². The minimum Gasteiger partial charge on any atom is -0.497 e. The lowest BCUT2D eigenvalue weighted by Gasteiger charge is -2.15. The molecule has 0 saturated carbocycles. The van der Waals surface area contributed by atoms with Crippen LogP contribution < -0.4 is 24.4 Å². The summed E-state index contributed by atoms with van der Waals surface area (Å²) in [6, 6.07) is 17.1. The first-order valence-corrected chi connectivity index (χ1v) is 13.3. The zero-order valence-electron chi connectivity index (χ0n) is 20.3. The number of methoxy groups -OCH3 is 1. The normalized spacial score (nSPS) is 14.1. The number of hydrogen-bond acceptors (Lipinski definition) is 7. The highest BCUT2D eigenvalue weighted by atomic mass is 35.5. The van der Waals surface area contributed by atoms with Gasteiger partial charge in [-0.2, -0.15) is 0 Å². The Bertz CT molecular complexity index is 1430. The number of nitrogens with one attached hydrogen (secondary N) is 1. The molecule has 0 spiro atoms. The summed E-state index contributed by atoms with van der Waals surface area (Å²) in [6.07, 6.45) is 1.72. The van der Waals surface area contributed by atoms with Gasteiger partial charge in [0.1, 0.15) is 5.75 Å². The lowest BCUT2D eigenvalue weighted by Crippen LogP contribution is -2.27. The summed E-state index contributed by atoms with van der Waals surface area (Å²) in [5.74, 6) is 0.858. The minimum atomic E-state index is -0.337. The molecule has 0 aliphatic carbocycles. The molecule has 0 unspecified atom stereocenters. The van der Waals surface area contributed by atoms with Crippen molar-refractivity contribution in [2.24, 2.45) is 0 Å². The van der Waals surface area contributed by atoms with E-state index < -0.39 is 0 Å². The van der Waals surface area contributed by atoms with Crippen molar-refractivity contribution in [3.8, 4) is 17.2 Å². The highest BCUT2D eigenvalue weighted by Crippen LogP contribution is 2.39. The van der Waals surface area contributed by atoms with Gasteiger partial charge in [0, 0.05) is 11.8 Å². The Morgan fingerprint density at radius 1 is 1.05 bits per heavy atom. The number of carbonyl (C=O) groups excluding carboxylic acids is 2. The molecule has 11 heteroatoms. The van der Waals surface area contributed by atoms with E-state index in [2.05, 4.69) is 5.32 Å². The molecule has 1 fully saturated rings. The van der Waals surface area contributed by atoms with Gasteiger partial charge in [0.15, 0.2) is 22.4 Å². The molecule has 0 bridgehead atoms. The molecule has 0 atom stereocenters. The van der Waals surface area contributed by atoms with Crippen molar-refractivity contribution in [3.05, 3.63) is 81.2 Å². The zero-order valence-corrected chi connectivity index (χ0v) is 23.5. The quantitative estimate of drug-likeness (QED) is 0.217. The number of carbonyl (C=O) groups is 2. The molecule has 196 valence electrons. The Morgan fingerprint density at radius 3 is 2.61 bits per heavy atom. The van der Waals surface area contributed by atoms with Crippen LogP contribution in [-0.2, 0) is 9.59 Å². The molecule has 3 aromatic rings. The van der Waals surface area contributed by atoms with E-state index in [1.54, 1.807) is 73.8 Å². The van der Waals surface area contributed by atoms with Crippen LogP contribution in [0, 0.1) is 0 Å². The summed E-state index contributed by atoms with van der Waals surface area (Å²) in [7, 11) is 1.56. The first-order chi connectivity index (χ1) is 18.3. The van der Waals surface area contributed by atoms with Crippen molar-refractivity contribution in [3.63, 3.8) is 0 Å². The van der Waals surface area contributed by atoms with Gasteiger partial charge in [0.05, 0.1) is 34.4 Å². The van der Waals surface area contributed by atoms with Gasteiger partial charge in [0.25, 0.3) is 11.8 Å². The summed E-state index contributed by atoms with van der Waals surface area (Å²) in [4.78, 5) is 27.4. The van der Waals surface area contributed by atoms with Gasteiger partial charge in [-0.15, -0.1) is 0 Å². The Kier molecular flexibility index (Phi) is 9.17. The highest BCUT2D eigenvalue weighted by molar-refractivity contribution is 8.27. The maximum Gasteiger partial charge on any atom is 0.270 e. The fourth-order valence-electron chi connectivity index (χ4n) is 3.51. The van der Waals surface area contributed by atoms with Crippen molar-refractivity contribution in [1.29, 1.82) is 0 Å². The van der Waals surface area contributed by atoms with Crippen LogP contribution in [0.2, 0.25) is 10.0 Å². The van der Waals surface area contributed by atoms with E-state index in [1.807, 2.05) is 6.92 Å². The smallest absolute Gasteiger partial charge is 0.270 e. The predicted molar refractivity (Wildman–Crippen MR) is 157 cm³/mol. The molecule has 3 aromatic carbocycles. The standard InChI is InChI=1S/C27H22Cl2N2O5S2/c1-3-35-23-11-16(7-10-22(23)36-15-25(32)30-17-5-4-6-19(13-17)34-2)12-24-26(33)31(27(37)38-24)18-8-9-20(28)21(29)14-18/h4-14H,3,15H2,1-2H3,(H,30,32)/b24-12-. The SMILES string of the molecule is CCOc1cc(/C=C2\SC(=S)N(c3ccc(Cl)c(Cl)c3)C2=O)ccc1OCC(=O)Nc1cccc(OC)c1. The average Bonchev–Trinajstić information content (AvgIpc) is 3.17. The number of halogens is 2. The number of hydrogen-bond donors (Lipinski definition) is 1. The summed E-state index contributed by atoms with van der Waals surface area (Å²) in [5, 5.41) is 3.48. The number of ether oxygens (including phenoxy) is 3. The van der Waals surface area contributed by atoms with Gasteiger partial charge < -0.3 is 19.5 Å². The highest BCUT2D eigenvalue weighted by Gasteiger charge is 2.33. The molecule has 2 amide bonds. The summed E-state index contributed by atoms with van der Waals surface area (Å²) >= 11 is 18.7. The van der Waals surface area contributed by atoms with Crippen molar-refractivity contribution >= 4 is 80.8 Å². The van der Waals surface area contributed by atoms with E-state index in [9.17, 15) is 9.59 Å². The zero-order chi connectivity index (χ0) is 27.2. The third-order valence-corrected chi connectivity index (χ3v) is 7.27. The van der Waals surface area contributed by atoms with Gasteiger partial charge >= 0.3 is 0 Å². The number of thioether (sulfide) groups is 1. The van der Waals surface area contributed by atoms with Crippen LogP contribution >= 0.6 is 47.2 Å². The van der Waals surface area contributed by atoms with Crippen molar-refractivity contribution in [1.82, 2.24) is 0 Å². The molecule has 38 heavy (non-hydrogen) atoms. The molecule has 0 radical (unpaired) electrons. The number of thiocarbonyl (C=S) groups is 1. The molecule has 1 saturated heterocycles. The van der Waals surface area contributed by atoms with Gasteiger partial charge in [-0.25, -0.2) is 0 Å². The third-order valence-electron chi connectivity index (χ3n) is 5.23. The number of amides is 2. The Hall–Kier alpha value is -3.24. The Labute approximate surface area is 239 Å². The van der Waals surface area contributed by atoms with Crippen molar-refractivity contribution in [2.75, 3.05) is 30.5 Å². The number of rotatable bonds is 9. The van der Waals surface area contributed by atoms with E-state index in [-0.39, 0.29) is 18.4 Å². The molecule has 1 aliphatic rings. The topological polar surface area (TPSA) is 77.1 Å². The van der Waals surface area contributed by atoms with E-state index in [4.69, 9.17) is 49.6 Å². The molecule has 1 heterocycles. The van der Waals surface area contributed by atoms with Crippen LogP contribution in [0.1, 0.15) is 12.5 Å².